The van der Waals surface area contributed by atoms with Gasteiger partial charge >= 0.3 is 0 Å². The molecule has 5 N–H and O–H groups in total. The molecule has 78 valence electrons. The standard InChI is InChI=1S/C7H16N2O3S/c1-9-6(7(8)12)4-13-3-5(11)2-10/h5-6,9-11H,2-4H2,1H3,(H2,8,12). The summed E-state index contributed by atoms with van der Waals surface area (Å²) >= 11 is 1.37. The summed E-state index contributed by atoms with van der Waals surface area (Å²) in [4.78, 5) is 10.7. The van der Waals surface area contributed by atoms with Crippen molar-refractivity contribution < 1.29 is 15.0 Å². The Hall–Kier alpha value is -0.300. The number of rotatable bonds is 7. The lowest BCUT2D eigenvalue weighted by molar-refractivity contribution is -0.119. The SMILES string of the molecule is CNC(CSCC(O)CO)C(N)=O. The molecule has 13 heavy (non-hydrogen) atoms. The Morgan fingerprint density at radius 1 is 1.62 bits per heavy atom. The molecule has 0 radical (unpaired) electrons. The van der Waals surface area contributed by atoms with Crippen LogP contribution in [0.15, 0.2) is 0 Å². The quantitative estimate of drug-likeness (QED) is 0.394. The number of aliphatic hydroxyl groups is 2. The van der Waals surface area contributed by atoms with Gasteiger partial charge in [0.25, 0.3) is 0 Å². The molecule has 0 fully saturated rings. The van der Waals surface area contributed by atoms with Crippen LogP contribution in [0.5, 0.6) is 0 Å². The van der Waals surface area contributed by atoms with Crippen molar-refractivity contribution in [3.8, 4) is 0 Å². The molecule has 0 bridgehead atoms. The summed E-state index contributed by atoms with van der Waals surface area (Å²) in [6, 6.07) is -0.379. The lowest BCUT2D eigenvalue weighted by Gasteiger charge is -2.12. The second-order valence-electron chi connectivity index (χ2n) is 2.62. The van der Waals surface area contributed by atoms with E-state index in [-0.39, 0.29) is 12.6 Å². The topological polar surface area (TPSA) is 95.6 Å². The fourth-order valence-electron chi connectivity index (χ4n) is 0.682. The smallest absolute Gasteiger partial charge is 0.235 e. The van der Waals surface area contributed by atoms with E-state index in [4.69, 9.17) is 15.9 Å². The minimum Gasteiger partial charge on any atom is -0.394 e. The largest absolute Gasteiger partial charge is 0.394 e. The number of hydrogen-bond acceptors (Lipinski definition) is 5. The molecular formula is C7H16N2O3S. The Labute approximate surface area is 81.7 Å². The molecule has 0 aromatic rings. The third kappa shape index (κ3) is 5.87. The van der Waals surface area contributed by atoms with E-state index in [1.807, 2.05) is 0 Å². The Kier molecular flexibility index (Phi) is 6.97. The lowest BCUT2D eigenvalue weighted by Crippen LogP contribution is -2.41. The fourth-order valence-corrected chi connectivity index (χ4v) is 1.76. The highest BCUT2D eigenvalue weighted by atomic mass is 32.2. The zero-order valence-corrected chi connectivity index (χ0v) is 8.38. The number of aliphatic hydroxyl groups excluding tert-OH is 2. The number of thioether (sulfide) groups is 1. The molecule has 0 saturated heterocycles. The maximum atomic E-state index is 10.7. The van der Waals surface area contributed by atoms with Crippen LogP contribution >= 0.6 is 11.8 Å². The molecule has 6 heteroatoms. The zero-order valence-electron chi connectivity index (χ0n) is 7.56. The zero-order chi connectivity index (χ0) is 10.3. The number of amides is 1. The van der Waals surface area contributed by atoms with E-state index in [2.05, 4.69) is 5.32 Å². The van der Waals surface area contributed by atoms with Crippen LogP contribution in [-0.2, 0) is 4.79 Å². The van der Waals surface area contributed by atoms with Crippen molar-refractivity contribution in [3.63, 3.8) is 0 Å². The Balaban J connectivity index is 3.55. The minimum absolute atomic E-state index is 0.256. The molecule has 0 heterocycles. The summed E-state index contributed by atoms with van der Waals surface area (Å²) in [7, 11) is 1.65. The van der Waals surface area contributed by atoms with E-state index in [1.165, 1.54) is 11.8 Å². The van der Waals surface area contributed by atoms with Gasteiger partial charge in [0, 0.05) is 11.5 Å². The molecule has 5 nitrogen and oxygen atoms in total. The molecular weight excluding hydrogens is 192 g/mol. The van der Waals surface area contributed by atoms with E-state index >= 15 is 0 Å². The number of nitrogens with one attached hydrogen (secondary N) is 1. The third-order valence-electron chi connectivity index (χ3n) is 1.50. The number of carbonyl (C=O) groups excluding carboxylic acids is 1. The van der Waals surface area contributed by atoms with Crippen molar-refractivity contribution in [2.45, 2.75) is 12.1 Å². The first-order valence-corrected chi connectivity index (χ1v) is 5.10. The highest BCUT2D eigenvalue weighted by molar-refractivity contribution is 7.99. The van der Waals surface area contributed by atoms with E-state index in [0.29, 0.717) is 11.5 Å². The number of hydrogen-bond donors (Lipinski definition) is 4. The van der Waals surface area contributed by atoms with Crippen molar-refractivity contribution in [1.29, 1.82) is 0 Å². The summed E-state index contributed by atoms with van der Waals surface area (Å²) in [5, 5.41) is 20.2. The minimum atomic E-state index is -0.726. The van der Waals surface area contributed by atoms with E-state index < -0.39 is 12.0 Å². The maximum Gasteiger partial charge on any atom is 0.235 e. The molecule has 0 aliphatic heterocycles. The monoisotopic (exact) mass is 208 g/mol. The molecule has 0 aromatic carbocycles. The molecule has 2 unspecified atom stereocenters. The average molecular weight is 208 g/mol. The van der Waals surface area contributed by atoms with Crippen LogP contribution in [0.3, 0.4) is 0 Å². The van der Waals surface area contributed by atoms with Crippen molar-refractivity contribution in [2.75, 3.05) is 25.2 Å². The van der Waals surface area contributed by atoms with E-state index in [1.54, 1.807) is 7.05 Å². The first-order chi connectivity index (χ1) is 6.11. The van der Waals surface area contributed by atoms with Crippen LogP contribution in [0.25, 0.3) is 0 Å². The van der Waals surface area contributed by atoms with Crippen molar-refractivity contribution >= 4 is 17.7 Å². The van der Waals surface area contributed by atoms with Gasteiger partial charge in [0.05, 0.1) is 18.8 Å². The summed E-state index contributed by atoms with van der Waals surface area (Å²) in [5.41, 5.74) is 5.07. The average Bonchev–Trinajstić information content (AvgIpc) is 2.11. The summed E-state index contributed by atoms with van der Waals surface area (Å²) in [6.07, 6.45) is -0.726. The summed E-state index contributed by atoms with van der Waals surface area (Å²) in [5.74, 6) is 0.499. The molecule has 0 spiro atoms. The van der Waals surface area contributed by atoms with Gasteiger partial charge < -0.3 is 21.3 Å². The normalized spacial score (nSPS) is 15.3. The van der Waals surface area contributed by atoms with Crippen molar-refractivity contribution in [1.82, 2.24) is 5.32 Å². The van der Waals surface area contributed by atoms with Gasteiger partial charge in [-0.1, -0.05) is 0 Å². The maximum absolute atomic E-state index is 10.7. The molecule has 0 aromatic heterocycles. The molecule has 0 saturated carbocycles. The highest BCUT2D eigenvalue weighted by Crippen LogP contribution is 2.04. The van der Waals surface area contributed by atoms with Crippen LogP contribution in [-0.4, -0.2) is 53.4 Å². The predicted molar refractivity (Wildman–Crippen MR) is 52.5 cm³/mol. The predicted octanol–water partition coefficient (Wildman–Crippen LogP) is -1.85. The first kappa shape index (κ1) is 12.7. The first-order valence-electron chi connectivity index (χ1n) is 3.95. The Morgan fingerprint density at radius 3 is 2.62 bits per heavy atom. The second kappa shape index (κ2) is 7.14. The summed E-state index contributed by atoms with van der Waals surface area (Å²) in [6.45, 7) is -0.256. The number of carbonyl (C=O) groups is 1. The molecule has 0 rings (SSSR count). The molecule has 0 aliphatic rings. The van der Waals surface area contributed by atoms with Gasteiger partial charge in [-0.25, -0.2) is 0 Å². The van der Waals surface area contributed by atoms with Gasteiger partial charge in [0.1, 0.15) is 0 Å². The van der Waals surface area contributed by atoms with E-state index in [9.17, 15) is 4.79 Å². The van der Waals surface area contributed by atoms with Crippen molar-refractivity contribution in [2.24, 2.45) is 5.73 Å². The highest BCUT2D eigenvalue weighted by Gasteiger charge is 2.12. The lowest BCUT2D eigenvalue weighted by atomic mass is 10.3. The van der Waals surface area contributed by atoms with Crippen LogP contribution in [0.1, 0.15) is 0 Å². The fraction of sp³-hybridized carbons (Fsp3) is 0.857. The molecule has 2 atom stereocenters. The third-order valence-corrected chi connectivity index (χ3v) is 2.69. The Bertz CT molecular complexity index is 157. The van der Waals surface area contributed by atoms with Gasteiger partial charge in [0.15, 0.2) is 0 Å². The second-order valence-corrected chi connectivity index (χ2v) is 3.69. The number of primary amides is 1. The van der Waals surface area contributed by atoms with Gasteiger partial charge in [-0.15, -0.1) is 0 Å². The van der Waals surface area contributed by atoms with Crippen LogP contribution < -0.4 is 11.1 Å². The number of likely N-dealkylation sites (N-methyl/N-ethyl adjacent to an activating group) is 1. The molecule has 1 amide bonds. The Morgan fingerprint density at radius 2 is 2.23 bits per heavy atom. The van der Waals surface area contributed by atoms with E-state index in [0.717, 1.165) is 0 Å². The van der Waals surface area contributed by atoms with Gasteiger partial charge in [-0.05, 0) is 7.05 Å². The molecule has 0 aliphatic carbocycles. The van der Waals surface area contributed by atoms with Gasteiger partial charge in [-0.3, -0.25) is 4.79 Å². The summed E-state index contributed by atoms with van der Waals surface area (Å²) < 4.78 is 0. The van der Waals surface area contributed by atoms with Gasteiger partial charge in [0.2, 0.25) is 5.91 Å². The van der Waals surface area contributed by atoms with Crippen LogP contribution in [0.2, 0.25) is 0 Å². The van der Waals surface area contributed by atoms with Crippen LogP contribution in [0, 0.1) is 0 Å². The van der Waals surface area contributed by atoms with Crippen LogP contribution in [0.4, 0.5) is 0 Å². The van der Waals surface area contributed by atoms with Gasteiger partial charge in [-0.2, -0.15) is 11.8 Å². The number of nitrogens with two attached hydrogens (primary N) is 1. The van der Waals surface area contributed by atoms with Crippen molar-refractivity contribution in [3.05, 3.63) is 0 Å².